The van der Waals surface area contributed by atoms with Crippen LogP contribution in [0.3, 0.4) is 0 Å². The fourth-order valence-electron chi connectivity index (χ4n) is 11.5. The number of carbonyl (C=O) groups excluding carboxylic acids is 4. The van der Waals surface area contributed by atoms with E-state index in [0.717, 1.165) is 142 Å². The zero-order valence-electron chi connectivity index (χ0n) is 57.9. The van der Waals surface area contributed by atoms with Gasteiger partial charge in [0.15, 0.2) is 12.6 Å². The zero-order chi connectivity index (χ0) is 66.2. The van der Waals surface area contributed by atoms with Gasteiger partial charge in [0.25, 0.3) is 0 Å². The largest absolute Gasteiger partial charge is 0.466 e. The fourth-order valence-corrected chi connectivity index (χ4v) is 11.5. The maximum atomic E-state index is 13.0. The van der Waals surface area contributed by atoms with Gasteiger partial charge in [-0.2, -0.15) is 0 Å². The van der Waals surface area contributed by atoms with Crippen LogP contribution in [0.4, 0.5) is 0 Å². The van der Waals surface area contributed by atoms with E-state index in [1.807, 2.05) is 9.80 Å². The number of unbranched alkanes of at least 4 members (excludes halogenated alkanes) is 16. The number of rotatable bonds is 64. The monoisotopic (exact) mass is 1290 g/mol. The summed E-state index contributed by atoms with van der Waals surface area (Å²) in [7, 11) is 0. The summed E-state index contributed by atoms with van der Waals surface area (Å²) in [6.07, 6.45) is 24.1. The number of hydrogen-bond donors (Lipinski definition) is 6. The van der Waals surface area contributed by atoms with Crippen molar-refractivity contribution >= 4 is 23.9 Å². The first kappa shape index (κ1) is 85.4. The van der Waals surface area contributed by atoms with Crippen molar-refractivity contribution in [2.24, 2.45) is 0 Å². The van der Waals surface area contributed by atoms with E-state index in [0.29, 0.717) is 169 Å². The quantitative estimate of drug-likeness (QED) is 0.0143. The molecule has 0 radical (unpaired) electrons. The Morgan fingerprint density at radius 1 is 0.356 bits per heavy atom. The Labute approximate surface area is 546 Å². The molecule has 8 atom stereocenters. The molecule has 90 heavy (non-hydrogen) atoms. The molecule has 1 aliphatic heterocycles. The molecule has 0 aromatic heterocycles. The van der Waals surface area contributed by atoms with Crippen molar-refractivity contribution in [3.63, 3.8) is 0 Å². The van der Waals surface area contributed by atoms with E-state index in [1.165, 1.54) is 0 Å². The molecule has 1 fully saturated rings. The summed E-state index contributed by atoms with van der Waals surface area (Å²) < 4.78 is 33.4. The van der Waals surface area contributed by atoms with E-state index in [4.69, 9.17) is 28.4 Å². The van der Waals surface area contributed by atoms with Crippen molar-refractivity contribution in [2.75, 3.05) is 105 Å². The Bertz CT molecular complexity index is 1610. The topological polar surface area (TPSA) is 258 Å². The highest BCUT2D eigenvalue weighted by atomic mass is 16.6. The summed E-state index contributed by atoms with van der Waals surface area (Å²) in [5.74, 6) is -0.927. The van der Waals surface area contributed by atoms with Crippen LogP contribution in [0, 0.1) is 0 Å². The van der Waals surface area contributed by atoms with Gasteiger partial charge < -0.3 is 59.1 Å². The highest BCUT2D eigenvalue weighted by Gasteiger charge is 2.29. The molecule has 0 aliphatic carbocycles. The highest BCUT2D eigenvalue weighted by molar-refractivity contribution is 5.70. The first-order valence-electron chi connectivity index (χ1n) is 36.4. The summed E-state index contributed by atoms with van der Waals surface area (Å²) >= 11 is 0. The minimum atomic E-state index is -0.756. The molecule has 20 heteroatoms. The normalized spacial score (nSPS) is 16.9. The Hall–Kier alpha value is -2.60. The molecular weight excluding hydrogens is 1150 g/mol. The highest BCUT2D eigenvalue weighted by Crippen LogP contribution is 2.18. The van der Waals surface area contributed by atoms with E-state index in [-0.39, 0.29) is 62.0 Å². The molecule has 0 aromatic rings. The number of aliphatic hydroxyl groups is 6. The van der Waals surface area contributed by atoms with Gasteiger partial charge in [-0.05, 0) is 155 Å². The molecule has 1 saturated heterocycles. The summed E-state index contributed by atoms with van der Waals surface area (Å²) in [6.45, 7) is 20.0. The van der Waals surface area contributed by atoms with Crippen molar-refractivity contribution in [1.29, 1.82) is 0 Å². The number of piperazine rings is 1. The average Bonchev–Trinajstić information content (AvgIpc) is 1.39. The lowest BCUT2D eigenvalue weighted by atomic mass is 10.1. The SMILES string of the molecule is CCCCCCC(=O)OCCCCC(O)CN(CCCC(=O)OCCN1CC(C)N(CCOC(=O)CCCN(CC(O)CCCCOC(O)CCCCCC)CC(O)CCCCOC(O)CCCCCC)CC1C)CC(O)CCCCOC(=O)CCCCCC. The van der Waals surface area contributed by atoms with E-state index in [2.05, 4.69) is 51.3 Å². The molecule has 0 bridgehead atoms. The van der Waals surface area contributed by atoms with Gasteiger partial charge in [0.05, 0.1) is 37.6 Å². The van der Waals surface area contributed by atoms with Crippen LogP contribution in [-0.2, 0) is 47.6 Å². The molecule has 0 aromatic carbocycles. The van der Waals surface area contributed by atoms with Crippen molar-refractivity contribution in [2.45, 2.75) is 322 Å². The standard InChI is InChI=1S/C70H136N4O16/c1-7-11-15-19-37-65(79)85-47-27-23-33-61(75)55-71(56-62(76)34-24-28-48-86-66(80)38-20-16-12-8-2)43-31-41-69(83)89-51-45-73-53-60(6)74(54-59(73)5)46-52-90-70(84)42-32-44-72(57-63(77)35-25-29-49-87-67(81)39-21-17-13-9-3)58-64(78)36-26-30-50-88-68(82)40-22-18-14-10-4/h59-66,75-80H,7-58H2,1-6H3. The van der Waals surface area contributed by atoms with Crippen LogP contribution in [0.5, 0.6) is 0 Å². The van der Waals surface area contributed by atoms with Crippen LogP contribution in [-0.4, -0.2) is 228 Å². The van der Waals surface area contributed by atoms with Gasteiger partial charge in [-0.3, -0.25) is 38.8 Å². The lowest BCUT2D eigenvalue weighted by molar-refractivity contribution is -0.146. The van der Waals surface area contributed by atoms with Crippen molar-refractivity contribution in [3.05, 3.63) is 0 Å². The van der Waals surface area contributed by atoms with Crippen LogP contribution < -0.4 is 0 Å². The van der Waals surface area contributed by atoms with Gasteiger partial charge in [-0.25, -0.2) is 0 Å². The first-order valence-corrected chi connectivity index (χ1v) is 36.4. The lowest BCUT2D eigenvalue weighted by Gasteiger charge is -2.44. The molecule has 532 valence electrons. The van der Waals surface area contributed by atoms with Gasteiger partial charge in [0.1, 0.15) is 13.2 Å². The summed E-state index contributed by atoms with van der Waals surface area (Å²) in [6, 6.07) is 0.366. The molecule has 0 spiro atoms. The molecule has 0 amide bonds. The fraction of sp³-hybridized carbons (Fsp3) is 0.943. The average molecular weight is 1290 g/mol. The third-order valence-electron chi connectivity index (χ3n) is 17.1. The number of hydrogen-bond acceptors (Lipinski definition) is 20. The Balaban J connectivity index is 2.60. The van der Waals surface area contributed by atoms with E-state index >= 15 is 0 Å². The molecule has 6 N–H and O–H groups in total. The minimum absolute atomic E-state index is 0.174. The third kappa shape index (κ3) is 50.8. The Morgan fingerprint density at radius 2 is 0.633 bits per heavy atom. The number of aliphatic hydroxyl groups excluding tert-OH is 6. The second-order valence-electron chi connectivity index (χ2n) is 25.9. The van der Waals surface area contributed by atoms with Gasteiger partial charge in [0, 0.05) is 103 Å². The maximum absolute atomic E-state index is 13.0. The van der Waals surface area contributed by atoms with E-state index in [9.17, 15) is 49.8 Å². The Kier molecular flexibility index (Phi) is 55.9. The van der Waals surface area contributed by atoms with Gasteiger partial charge in [-0.15, -0.1) is 0 Å². The summed E-state index contributed by atoms with van der Waals surface area (Å²) in [5.41, 5.74) is 0. The molecule has 1 aliphatic rings. The summed E-state index contributed by atoms with van der Waals surface area (Å²) in [4.78, 5) is 58.9. The first-order chi connectivity index (χ1) is 43.5. The van der Waals surface area contributed by atoms with Crippen LogP contribution in [0.2, 0.25) is 0 Å². The molecule has 20 nitrogen and oxygen atoms in total. The Morgan fingerprint density at radius 3 is 0.956 bits per heavy atom. The predicted molar refractivity (Wildman–Crippen MR) is 356 cm³/mol. The van der Waals surface area contributed by atoms with E-state index in [1.54, 1.807) is 0 Å². The van der Waals surface area contributed by atoms with Crippen molar-refractivity contribution in [1.82, 2.24) is 19.6 Å². The zero-order valence-corrected chi connectivity index (χ0v) is 57.9. The predicted octanol–water partition coefficient (Wildman–Crippen LogP) is 10.4. The molecule has 1 heterocycles. The number of esters is 4. The van der Waals surface area contributed by atoms with Crippen LogP contribution in [0.25, 0.3) is 0 Å². The number of nitrogens with zero attached hydrogens (tertiary/aromatic N) is 4. The smallest absolute Gasteiger partial charge is 0.305 e. The van der Waals surface area contributed by atoms with Gasteiger partial charge in [0.2, 0.25) is 0 Å². The maximum Gasteiger partial charge on any atom is 0.305 e. The van der Waals surface area contributed by atoms with Crippen molar-refractivity contribution < 1.29 is 78.2 Å². The lowest BCUT2D eigenvalue weighted by Crippen LogP contribution is -2.57. The van der Waals surface area contributed by atoms with Gasteiger partial charge in [-0.1, -0.05) is 105 Å². The third-order valence-corrected chi connectivity index (χ3v) is 17.1. The number of carbonyl (C=O) groups is 4. The van der Waals surface area contributed by atoms with Gasteiger partial charge >= 0.3 is 23.9 Å². The van der Waals surface area contributed by atoms with E-state index < -0.39 is 37.0 Å². The summed E-state index contributed by atoms with van der Waals surface area (Å²) in [5, 5.41) is 64.5. The molecule has 1 rings (SSSR count). The second-order valence-corrected chi connectivity index (χ2v) is 25.9. The molecular formula is C70H136N4O16. The molecule has 8 unspecified atom stereocenters. The molecule has 0 saturated carbocycles. The minimum Gasteiger partial charge on any atom is -0.466 e. The van der Waals surface area contributed by atoms with Crippen molar-refractivity contribution in [3.8, 4) is 0 Å². The number of ether oxygens (including phenoxy) is 6. The van der Waals surface area contributed by atoms with Crippen LogP contribution >= 0.6 is 0 Å². The second kappa shape index (κ2) is 58.9. The van der Waals surface area contributed by atoms with Crippen LogP contribution in [0.15, 0.2) is 0 Å². The van der Waals surface area contributed by atoms with Crippen LogP contribution in [0.1, 0.15) is 273 Å².